The van der Waals surface area contributed by atoms with Crippen molar-refractivity contribution in [3.63, 3.8) is 0 Å². The molecular weight excluding hydrogens is 167 g/mol. The first kappa shape index (κ1) is 6.68. The minimum absolute atomic E-state index is 0.0463. The molecule has 0 nitrogen and oxygen atoms in total. The molecule has 0 aromatic carbocycles. The minimum atomic E-state index is 0.0463. The molecule has 0 radical (unpaired) electrons. The average molecular weight is 174 g/mol. The summed E-state index contributed by atoms with van der Waals surface area (Å²) in [4.78, 5) is 2.10. The van der Waals surface area contributed by atoms with Gasteiger partial charge < -0.3 is 0 Å². The van der Waals surface area contributed by atoms with Gasteiger partial charge in [0.25, 0.3) is 0 Å². The lowest BCUT2D eigenvalue weighted by Crippen LogP contribution is -1.78. The van der Waals surface area contributed by atoms with Gasteiger partial charge in [0, 0.05) is 26.8 Å². The topological polar surface area (TPSA) is 0 Å². The molecule has 0 unspecified atom stereocenters. The predicted octanol–water partition coefficient (Wildman–Crippen LogP) is 2.94. The van der Waals surface area contributed by atoms with Crippen LogP contribution in [0.2, 0.25) is 0 Å². The maximum absolute atomic E-state index is 13.1. The SMILES string of the molecule is Cc1sc2c(c1F)CSC2. The highest BCUT2D eigenvalue weighted by molar-refractivity contribution is 7.98. The van der Waals surface area contributed by atoms with Crippen LogP contribution in [0, 0.1) is 12.7 Å². The zero-order valence-electron chi connectivity index (χ0n) is 5.61. The van der Waals surface area contributed by atoms with Crippen molar-refractivity contribution < 1.29 is 4.39 Å². The number of thiophene rings is 1. The second kappa shape index (κ2) is 2.24. The third-order valence-corrected chi connectivity index (χ3v) is 3.96. The van der Waals surface area contributed by atoms with E-state index in [0.29, 0.717) is 0 Å². The highest BCUT2D eigenvalue weighted by atomic mass is 32.2. The predicted molar refractivity (Wildman–Crippen MR) is 44.0 cm³/mol. The van der Waals surface area contributed by atoms with Gasteiger partial charge in [0.1, 0.15) is 5.82 Å². The maximum atomic E-state index is 13.1. The highest BCUT2D eigenvalue weighted by Gasteiger charge is 2.20. The van der Waals surface area contributed by atoms with Crippen LogP contribution in [0.4, 0.5) is 4.39 Å². The molecule has 0 saturated carbocycles. The van der Waals surface area contributed by atoms with Crippen molar-refractivity contribution in [3.05, 3.63) is 21.1 Å². The molecule has 2 heterocycles. The first-order chi connectivity index (χ1) is 4.79. The molecule has 0 aliphatic carbocycles. The van der Waals surface area contributed by atoms with E-state index in [1.807, 2.05) is 6.92 Å². The second-order valence-corrected chi connectivity index (χ2v) is 4.66. The van der Waals surface area contributed by atoms with Crippen LogP contribution in [-0.2, 0) is 11.5 Å². The van der Waals surface area contributed by atoms with Gasteiger partial charge in [-0.1, -0.05) is 0 Å². The number of fused-ring (bicyclic) bond motifs is 1. The standard InChI is InChI=1S/C7H7FS2/c1-4-7(8)5-2-9-3-6(5)10-4/h2-3H2,1H3. The summed E-state index contributed by atoms with van der Waals surface area (Å²) in [6.07, 6.45) is 0. The molecule has 54 valence electrons. The fraction of sp³-hybridized carbons (Fsp3) is 0.429. The Hall–Kier alpha value is -0.0200. The molecule has 1 aromatic heterocycles. The van der Waals surface area contributed by atoms with Gasteiger partial charge in [0.2, 0.25) is 0 Å². The Bertz CT molecular complexity index is 265. The first-order valence-corrected chi connectivity index (χ1v) is 5.10. The van der Waals surface area contributed by atoms with Gasteiger partial charge in [-0.3, -0.25) is 0 Å². The molecule has 0 spiro atoms. The van der Waals surface area contributed by atoms with Crippen molar-refractivity contribution >= 4 is 23.1 Å². The third-order valence-electron chi connectivity index (χ3n) is 1.67. The summed E-state index contributed by atoms with van der Waals surface area (Å²) in [5.41, 5.74) is 0.965. The van der Waals surface area contributed by atoms with Gasteiger partial charge in [-0.2, -0.15) is 11.8 Å². The van der Waals surface area contributed by atoms with Crippen molar-refractivity contribution in [1.82, 2.24) is 0 Å². The summed E-state index contributed by atoms with van der Waals surface area (Å²) >= 11 is 3.41. The fourth-order valence-corrected chi connectivity index (χ4v) is 3.54. The molecule has 0 atom stereocenters. The van der Waals surface area contributed by atoms with Crippen molar-refractivity contribution in [1.29, 1.82) is 0 Å². The van der Waals surface area contributed by atoms with Gasteiger partial charge in [-0.25, -0.2) is 4.39 Å². The van der Waals surface area contributed by atoms with Gasteiger partial charge in [-0.15, -0.1) is 11.3 Å². The monoisotopic (exact) mass is 174 g/mol. The molecule has 1 aliphatic rings. The number of thioether (sulfide) groups is 1. The Labute approximate surface area is 67.4 Å². The van der Waals surface area contributed by atoms with E-state index in [9.17, 15) is 4.39 Å². The normalized spacial score (nSPS) is 15.8. The van der Waals surface area contributed by atoms with E-state index < -0.39 is 0 Å². The minimum Gasteiger partial charge on any atom is -0.205 e. The zero-order valence-corrected chi connectivity index (χ0v) is 7.24. The summed E-state index contributed by atoms with van der Waals surface area (Å²) < 4.78 is 13.1. The molecule has 0 N–H and O–H groups in total. The van der Waals surface area contributed by atoms with Crippen LogP contribution in [0.3, 0.4) is 0 Å². The molecule has 3 heteroatoms. The van der Waals surface area contributed by atoms with Crippen molar-refractivity contribution in [2.75, 3.05) is 0 Å². The molecule has 0 bridgehead atoms. The summed E-state index contributed by atoms with van der Waals surface area (Å²) in [5.74, 6) is 1.95. The summed E-state index contributed by atoms with van der Waals surface area (Å²) in [6.45, 7) is 1.85. The van der Waals surface area contributed by atoms with Crippen molar-refractivity contribution in [3.8, 4) is 0 Å². The average Bonchev–Trinajstić information content (AvgIpc) is 2.41. The maximum Gasteiger partial charge on any atom is 0.141 e. The van der Waals surface area contributed by atoms with Crippen LogP contribution >= 0.6 is 23.1 Å². The fourth-order valence-electron chi connectivity index (χ4n) is 1.13. The van der Waals surface area contributed by atoms with Crippen molar-refractivity contribution in [2.24, 2.45) is 0 Å². The van der Waals surface area contributed by atoms with Crippen LogP contribution in [0.15, 0.2) is 0 Å². The van der Waals surface area contributed by atoms with E-state index in [4.69, 9.17) is 0 Å². The van der Waals surface area contributed by atoms with Crippen LogP contribution in [0.1, 0.15) is 15.3 Å². The molecule has 1 aromatic rings. The number of aryl methyl sites for hydroxylation is 1. The zero-order chi connectivity index (χ0) is 7.14. The lowest BCUT2D eigenvalue weighted by molar-refractivity contribution is 0.615. The Morgan fingerprint density at radius 2 is 2.20 bits per heavy atom. The Morgan fingerprint density at radius 3 is 2.90 bits per heavy atom. The number of hydrogen-bond acceptors (Lipinski definition) is 2. The van der Waals surface area contributed by atoms with Crippen LogP contribution < -0.4 is 0 Å². The van der Waals surface area contributed by atoms with E-state index in [1.54, 1.807) is 23.1 Å². The van der Waals surface area contributed by atoms with Gasteiger partial charge in [0.05, 0.1) is 0 Å². The molecule has 0 amide bonds. The van der Waals surface area contributed by atoms with Crippen LogP contribution in [0.25, 0.3) is 0 Å². The largest absolute Gasteiger partial charge is 0.205 e. The summed E-state index contributed by atoms with van der Waals surface area (Å²) in [5, 5.41) is 0. The van der Waals surface area contributed by atoms with E-state index in [-0.39, 0.29) is 5.82 Å². The molecular formula is C7H7FS2. The lowest BCUT2D eigenvalue weighted by Gasteiger charge is -1.87. The summed E-state index contributed by atoms with van der Waals surface area (Å²) in [7, 11) is 0. The van der Waals surface area contributed by atoms with E-state index >= 15 is 0 Å². The number of hydrogen-bond donors (Lipinski definition) is 0. The van der Waals surface area contributed by atoms with Gasteiger partial charge in [0.15, 0.2) is 0 Å². The molecule has 0 saturated heterocycles. The quantitative estimate of drug-likeness (QED) is 0.582. The molecule has 10 heavy (non-hydrogen) atoms. The first-order valence-electron chi connectivity index (χ1n) is 3.13. The lowest BCUT2D eigenvalue weighted by atomic mass is 10.3. The van der Waals surface area contributed by atoms with E-state index in [1.165, 1.54) is 4.88 Å². The van der Waals surface area contributed by atoms with Crippen LogP contribution in [-0.4, -0.2) is 0 Å². The third kappa shape index (κ3) is 0.805. The van der Waals surface area contributed by atoms with Crippen LogP contribution in [0.5, 0.6) is 0 Å². The molecule has 1 aliphatic heterocycles. The van der Waals surface area contributed by atoms with Crippen molar-refractivity contribution in [2.45, 2.75) is 18.4 Å². The second-order valence-electron chi connectivity index (χ2n) is 2.37. The smallest absolute Gasteiger partial charge is 0.141 e. The van der Waals surface area contributed by atoms with Gasteiger partial charge in [-0.05, 0) is 6.92 Å². The Kier molecular flexibility index (Phi) is 1.49. The highest BCUT2D eigenvalue weighted by Crippen LogP contribution is 2.38. The number of halogens is 1. The summed E-state index contributed by atoms with van der Waals surface area (Å²) in [6, 6.07) is 0. The number of rotatable bonds is 0. The van der Waals surface area contributed by atoms with E-state index in [2.05, 4.69) is 0 Å². The Morgan fingerprint density at radius 1 is 1.40 bits per heavy atom. The van der Waals surface area contributed by atoms with E-state index in [0.717, 1.165) is 21.9 Å². The molecule has 0 fully saturated rings. The van der Waals surface area contributed by atoms with Gasteiger partial charge >= 0.3 is 0 Å². The molecule has 2 rings (SSSR count). The Balaban J connectivity index is 2.59.